The standard InChI is InChI=1S/C23H23N3O2/c1-2-18-11-6-7-12-19(18)26-23(28)21-14-8-13-20(25-21)22(27)24-16-15-17-9-4-3-5-10-17/h3-14H,2,15-16H2,1H3,(H,24,27)(H,26,28). The highest BCUT2D eigenvalue weighted by Gasteiger charge is 2.13. The fourth-order valence-electron chi connectivity index (χ4n) is 2.88. The zero-order chi connectivity index (χ0) is 19.8. The molecule has 2 N–H and O–H groups in total. The van der Waals surface area contributed by atoms with Crippen molar-refractivity contribution in [3.05, 3.63) is 95.3 Å². The normalized spacial score (nSPS) is 10.3. The first kappa shape index (κ1) is 19.3. The molecule has 0 fully saturated rings. The number of benzene rings is 2. The van der Waals surface area contributed by atoms with E-state index in [1.54, 1.807) is 18.2 Å². The van der Waals surface area contributed by atoms with Gasteiger partial charge >= 0.3 is 0 Å². The number of nitrogens with zero attached hydrogens (tertiary/aromatic N) is 1. The van der Waals surface area contributed by atoms with Crippen molar-refractivity contribution in [3.8, 4) is 0 Å². The number of rotatable bonds is 7. The lowest BCUT2D eigenvalue weighted by atomic mass is 10.1. The number of carbonyl (C=O) groups is 2. The molecule has 0 spiro atoms. The van der Waals surface area contributed by atoms with E-state index in [1.165, 1.54) is 0 Å². The number of amides is 2. The van der Waals surface area contributed by atoms with Gasteiger partial charge in [-0.15, -0.1) is 0 Å². The molecular formula is C23H23N3O2. The number of carbonyl (C=O) groups excluding carboxylic acids is 2. The Kier molecular flexibility index (Phi) is 6.52. The minimum Gasteiger partial charge on any atom is -0.350 e. The maximum atomic E-state index is 12.6. The highest BCUT2D eigenvalue weighted by molar-refractivity contribution is 6.04. The fraction of sp³-hybridized carbons (Fsp3) is 0.174. The van der Waals surface area contributed by atoms with E-state index in [0.717, 1.165) is 29.7 Å². The van der Waals surface area contributed by atoms with Crippen LogP contribution >= 0.6 is 0 Å². The Morgan fingerprint density at radius 3 is 2.25 bits per heavy atom. The van der Waals surface area contributed by atoms with Crippen molar-refractivity contribution in [1.29, 1.82) is 0 Å². The van der Waals surface area contributed by atoms with Crippen molar-refractivity contribution >= 4 is 17.5 Å². The first-order chi connectivity index (χ1) is 13.7. The Hall–Kier alpha value is -3.47. The van der Waals surface area contributed by atoms with Crippen LogP contribution in [0, 0.1) is 0 Å². The SMILES string of the molecule is CCc1ccccc1NC(=O)c1cccc(C(=O)NCCc2ccccc2)n1. The van der Waals surface area contributed by atoms with Gasteiger partial charge in [-0.1, -0.05) is 61.5 Å². The number of pyridine rings is 1. The highest BCUT2D eigenvalue weighted by atomic mass is 16.2. The smallest absolute Gasteiger partial charge is 0.274 e. The molecule has 0 radical (unpaired) electrons. The average Bonchev–Trinajstić information content (AvgIpc) is 2.75. The van der Waals surface area contributed by atoms with Crippen LogP contribution in [0.3, 0.4) is 0 Å². The molecule has 142 valence electrons. The molecule has 0 atom stereocenters. The van der Waals surface area contributed by atoms with Gasteiger partial charge in [-0.2, -0.15) is 0 Å². The maximum Gasteiger partial charge on any atom is 0.274 e. The second-order valence-corrected chi connectivity index (χ2v) is 6.36. The molecule has 0 saturated heterocycles. The lowest BCUT2D eigenvalue weighted by Crippen LogP contribution is -2.27. The van der Waals surface area contributed by atoms with Crippen LogP contribution in [0.15, 0.2) is 72.8 Å². The van der Waals surface area contributed by atoms with Gasteiger partial charge in [-0.3, -0.25) is 9.59 Å². The van der Waals surface area contributed by atoms with E-state index in [0.29, 0.717) is 6.54 Å². The lowest BCUT2D eigenvalue weighted by molar-refractivity contribution is 0.0949. The Balaban J connectivity index is 1.62. The molecule has 5 nitrogen and oxygen atoms in total. The first-order valence-electron chi connectivity index (χ1n) is 9.36. The Morgan fingerprint density at radius 1 is 0.821 bits per heavy atom. The summed E-state index contributed by atoms with van der Waals surface area (Å²) >= 11 is 0. The van der Waals surface area contributed by atoms with Crippen molar-refractivity contribution in [2.45, 2.75) is 19.8 Å². The van der Waals surface area contributed by atoms with Crippen LogP contribution in [0.2, 0.25) is 0 Å². The summed E-state index contributed by atoms with van der Waals surface area (Å²) in [7, 11) is 0. The van der Waals surface area contributed by atoms with E-state index < -0.39 is 0 Å². The van der Waals surface area contributed by atoms with Gasteiger partial charge in [0.25, 0.3) is 11.8 Å². The summed E-state index contributed by atoms with van der Waals surface area (Å²) in [6.45, 7) is 2.54. The Morgan fingerprint density at radius 2 is 1.50 bits per heavy atom. The van der Waals surface area contributed by atoms with Crippen LogP contribution < -0.4 is 10.6 Å². The first-order valence-corrected chi connectivity index (χ1v) is 9.36. The predicted octanol–water partition coefficient (Wildman–Crippen LogP) is 3.87. The summed E-state index contributed by atoms with van der Waals surface area (Å²) in [6.07, 6.45) is 1.55. The minimum atomic E-state index is -0.333. The zero-order valence-electron chi connectivity index (χ0n) is 15.8. The second-order valence-electron chi connectivity index (χ2n) is 6.36. The van der Waals surface area contributed by atoms with E-state index in [9.17, 15) is 9.59 Å². The summed E-state index contributed by atoms with van der Waals surface area (Å²) in [5.74, 6) is -0.626. The topological polar surface area (TPSA) is 71.1 Å². The van der Waals surface area contributed by atoms with Crippen LogP contribution in [0.25, 0.3) is 0 Å². The number of anilines is 1. The van der Waals surface area contributed by atoms with Gasteiger partial charge in [0.1, 0.15) is 11.4 Å². The van der Waals surface area contributed by atoms with Gasteiger partial charge in [0.15, 0.2) is 0 Å². The monoisotopic (exact) mass is 373 g/mol. The molecule has 3 aromatic rings. The van der Waals surface area contributed by atoms with Gasteiger partial charge in [0.05, 0.1) is 0 Å². The van der Waals surface area contributed by atoms with Crippen molar-refractivity contribution in [1.82, 2.24) is 10.3 Å². The van der Waals surface area contributed by atoms with Crippen LogP contribution in [-0.2, 0) is 12.8 Å². The molecule has 0 unspecified atom stereocenters. The quantitative estimate of drug-likeness (QED) is 0.660. The third-order valence-corrected chi connectivity index (χ3v) is 4.40. The Bertz CT molecular complexity index is 955. The fourth-order valence-corrected chi connectivity index (χ4v) is 2.88. The molecule has 28 heavy (non-hydrogen) atoms. The van der Waals surface area contributed by atoms with Gasteiger partial charge in [0.2, 0.25) is 0 Å². The summed E-state index contributed by atoms with van der Waals surface area (Å²) in [6, 6.07) is 22.4. The van der Waals surface area contributed by atoms with Gasteiger partial charge in [-0.25, -0.2) is 4.98 Å². The summed E-state index contributed by atoms with van der Waals surface area (Å²) < 4.78 is 0. The van der Waals surface area contributed by atoms with Crippen LogP contribution in [0.1, 0.15) is 39.0 Å². The van der Waals surface area contributed by atoms with Crippen LogP contribution in [-0.4, -0.2) is 23.3 Å². The minimum absolute atomic E-state index is 0.210. The zero-order valence-corrected chi connectivity index (χ0v) is 15.8. The number of hydrogen-bond acceptors (Lipinski definition) is 3. The third kappa shape index (κ3) is 5.04. The van der Waals surface area contributed by atoms with E-state index >= 15 is 0 Å². The summed E-state index contributed by atoms with van der Waals surface area (Å²) in [5.41, 5.74) is 3.39. The summed E-state index contributed by atoms with van der Waals surface area (Å²) in [5, 5.41) is 5.72. The predicted molar refractivity (Wildman–Crippen MR) is 110 cm³/mol. The number of para-hydroxylation sites is 1. The van der Waals surface area contributed by atoms with E-state index in [1.807, 2.05) is 61.5 Å². The molecule has 0 aliphatic carbocycles. The molecule has 0 saturated carbocycles. The largest absolute Gasteiger partial charge is 0.350 e. The number of nitrogens with one attached hydrogen (secondary N) is 2. The van der Waals surface area contributed by atoms with Crippen molar-refractivity contribution in [2.24, 2.45) is 0 Å². The molecular weight excluding hydrogens is 350 g/mol. The van der Waals surface area contributed by atoms with Gasteiger partial charge in [0, 0.05) is 12.2 Å². The van der Waals surface area contributed by atoms with E-state index in [-0.39, 0.29) is 23.2 Å². The van der Waals surface area contributed by atoms with Crippen LogP contribution in [0.5, 0.6) is 0 Å². The number of aryl methyl sites for hydroxylation is 1. The van der Waals surface area contributed by atoms with E-state index in [4.69, 9.17) is 0 Å². The molecule has 3 rings (SSSR count). The van der Waals surface area contributed by atoms with Crippen molar-refractivity contribution in [2.75, 3.05) is 11.9 Å². The van der Waals surface area contributed by atoms with Gasteiger partial charge < -0.3 is 10.6 Å². The van der Waals surface area contributed by atoms with Crippen LogP contribution in [0.4, 0.5) is 5.69 Å². The lowest BCUT2D eigenvalue weighted by Gasteiger charge is -2.10. The molecule has 2 aromatic carbocycles. The van der Waals surface area contributed by atoms with Crippen molar-refractivity contribution < 1.29 is 9.59 Å². The molecule has 0 aliphatic rings. The molecule has 0 bridgehead atoms. The third-order valence-electron chi connectivity index (χ3n) is 4.40. The average molecular weight is 373 g/mol. The molecule has 2 amide bonds. The molecule has 5 heteroatoms. The molecule has 0 aliphatic heterocycles. The molecule has 1 heterocycles. The van der Waals surface area contributed by atoms with E-state index in [2.05, 4.69) is 15.6 Å². The highest BCUT2D eigenvalue weighted by Crippen LogP contribution is 2.16. The number of hydrogen-bond donors (Lipinski definition) is 2. The van der Waals surface area contributed by atoms with Gasteiger partial charge in [-0.05, 0) is 42.2 Å². The number of aromatic nitrogens is 1. The summed E-state index contributed by atoms with van der Waals surface area (Å²) in [4.78, 5) is 29.1. The molecule has 1 aromatic heterocycles. The second kappa shape index (κ2) is 9.46. The van der Waals surface area contributed by atoms with Crippen molar-refractivity contribution in [3.63, 3.8) is 0 Å². The maximum absolute atomic E-state index is 12.6. The Labute approximate surface area is 164 Å².